The van der Waals surface area contributed by atoms with Gasteiger partial charge in [0.2, 0.25) is 11.8 Å². The Morgan fingerprint density at radius 1 is 0.862 bits per heavy atom. The van der Waals surface area contributed by atoms with Crippen LogP contribution in [0.2, 0.25) is 0 Å². The first-order valence-corrected chi connectivity index (χ1v) is 10.8. The summed E-state index contributed by atoms with van der Waals surface area (Å²) >= 11 is 0. The van der Waals surface area contributed by atoms with Crippen LogP contribution in [0.15, 0.2) is 60.7 Å². The average molecular weight is 391 g/mol. The molecule has 2 aliphatic heterocycles. The number of carbonyl (C=O) groups is 2. The molecule has 0 spiro atoms. The molecule has 2 aliphatic rings. The first kappa shape index (κ1) is 19.7. The minimum absolute atomic E-state index is 0.000149. The molecule has 2 aromatic carbocycles. The first-order valence-electron chi connectivity index (χ1n) is 10.8. The van der Waals surface area contributed by atoms with E-state index in [-0.39, 0.29) is 17.7 Å². The van der Waals surface area contributed by atoms with Crippen LogP contribution in [0, 0.1) is 0 Å². The van der Waals surface area contributed by atoms with Gasteiger partial charge in [-0.3, -0.25) is 9.59 Å². The monoisotopic (exact) mass is 390 g/mol. The zero-order chi connectivity index (χ0) is 20.3. The molecular weight excluding hydrogens is 360 g/mol. The van der Waals surface area contributed by atoms with Crippen molar-refractivity contribution >= 4 is 11.8 Å². The van der Waals surface area contributed by atoms with E-state index in [9.17, 15) is 9.59 Å². The fraction of sp³-hybridized carbons (Fsp3) is 0.440. The Balaban J connectivity index is 1.52. The van der Waals surface area contributed by atoms with Crippen molar-refractivity contribution in [2.24, 2.45) is 0 Å². The maximum absolute atomic E-state index is 13.3. The third kappa shape index (κ3) is 3.93. The van der Waals surface area contributed by atoms with Crippen molar-refractivity contribution < 1.29 is 9.59 Å². The molecule has 0 aromatic heterocycles. The fourth-order valence-electron chi connectivity index (χ4n) is 4.70. The van der Waals surface area contributed by atoms with Crippen molar-refractivity contribution in [1.29, 1.82) is 0 Å². The second-order valence-electron chi connectivity index (χ2n) is 8.50. The molecule has 1 unspecified atom stereocenters. The van der Waals surface area contributed by atoms with Gasteiger partial charge in [0.15, 0.2) is 0 Å². The fourth-order valence-corrected chi connectivity index (χ4v) is 4.70. The van der Waals surface area contributed by atoms with Crippen LogP contribution in [0.4, 0.5) is 0 Å². The maximum Gasteiger partial charge on any atom is 0.248 e. The van der Waals surface area contributed by atoms with Crippen molar-refractivity contribution in [2.45, 2.75) is 50.5 Å². The normalized spacial score (nSPS) is 21.7. The largest absolute Gasteiger partial charge is 0.341 e. The zero-order valence-corrected chi connectivity index (χ0v) is 17.2. The van der Waals surface area contributed by atoms with E-state index < -0.39 is 5.54 Å². The molecule has 2 aromatic rings. The zero-order valence-electron chi connectivity index (χ0n) is 17.2. The van der Waals surface area contributed by atoms with Gasteiger partial charge in [-0.1, -0.05) is 60.7 Å². The summed E-state index contributed by atoms with van der Waals surface area (Å²) in [6, 6.07) is 20.4. The van der Waals surface area contributed by atoms with Gasteiger partial charge in [0, 0.05) is 32.0 Å². The number of benzene rings is 2. The van der Waals surface area contributed by atoms with Crippen LogP contribution < -0.4 is 0 Å². The summed E-state index contributed by atoms with van der Waals surface area (Å²) in [4.78, 5) is 30.3. The first-order chi connectivity index (χ1) is 14.1. The highest BCUT2D eigenvalue weighted by Crippen LogP contribution is 2.36. The summed E-state index contributed by atoms with van der Waals surface area (Å²) in [5.74, 6) is 0.203. The van der Waals surface area contributed by atoms with E-state index in [1.165, 1.54) is 6.42 Å². The van der Waals surface area contributed by atoms with Crippen molar-refractivity contribution in [3.8, 4) is 0 Å². The second-order valence-corrected chi connectivity index (χ2v) is 8.50. The third-order valence-electron chi connectivity index (χ3n) is 6.61. The molecular formula is C25H30N2O2. The predicted octanol–water partition coefficient (Wildman–Crippen LogP) is 4.21. The Kier molecular flexibility index (Phi) is 5.70. The highest BCUT2D eigenvalue weighted by Gasteiger charge is 2.51. The molecule has 4 rings (SSSR count). The lowest BCUT2D eigenvalue weighted by molar-refractivity contribution is -0.164. The van der Waals surface area contributed by atoms with E-state index in [4.69, 9.17) is 0 Å². The van der Waals surface area contributed by atoms with Gasteiger partial charge in [0.1, 0.15) is 5.54 Å². The predicted molar refractivity (Wildman–Crippen MR) is 115 cm³/mol. The van der Waals surface area contributed by atoms with E-state index in [1.807, 2.05) is 53.1 Å². The SMILES string of the molecule is CC1(C(=O)N2CCCCC2)CCN1C(=O)CC(c1ccccc1)c1ccccc1. The molecule has 4 heteroatoms. The van der Waals surface area contributed by atoms with Gasteiger partial charge < -0.3 is 9.80 Å². The third-order valence-corrected chi connectivity index (χ3v) is 6.61. The van der Waals surface area contributed by atoms with Gasteiger partial charge in [-0.25, -0.2) is 0 Å². The number of likely N-dealkylation sites (tertiary alicyclic amines) is 2. The number of nitrogens with zero attached hydrogens (tertiary/aromatic N) is 2. The summed E-state index contributed by atoms with van der Waals surface area (Å²) in [7, 11) is 0. The van der Waals surface area contributed by atoms with Crippen LogP contribution in [0.5, 0.6) is 0 Å². The van der Waals surface area contributed by atoms with E-state index in [2.05, 4.69) is 24.3 Å². The molecule has 2 amide bonds. The van der Waals surface area contributed by atoms with Gasteiger partial charge in [0.25, 0.3) is 0 Å². The van der Waals surface area contributed by atoms with Crippen molar-refractivity contribution in [1.82, 2.24) is 9.80 Å². The molecule has 29 heavy (non-hydrogen) atoms. The lowest BCUT2D eigenvalue weighted by atomic mass is 9.82. The number of rotatable bonds is 5. The molecule has 4 nitrogen and oxygen atoms in total. The topological polar surface area (TPSA) is 40.6 Å². The number of hydrogen-bond donors (Lipinski definition) is 0. The van der Waals surface area contributed by atoms with Crippen LogP contribution in [0.3, 0.4) is 0 Å². The molecule has 0 N–H and O–H groups in total. The van der Waals surface area contributed by atoms with Gasteiger partial charge in [-0.15, -0.1) is 0 Å². The summed E-state index contributed by atoms with van der Waals surface area (Å²) < 4.78 is 0. The summed E-state index contributed by atoms with van der Waals surface area (Å²) in [5.41, 5.74) is 1.60. The molecule has 0 saturated carbocycles. The number of amides is 2. The Bertz CT molecular complexity index is 806. The lowest BCUT2D eigenvalue weighted by Gasteiger charge is -2.51. The number of piperidine rings is 1. The standard InChI is InChI=1S/C25H30N2O2/c1-25(24(29)26-16-9-4-10-17-26)15-18-27(25)23(28)19-22(20-11-5-2-6-12-20)21-13-7-3-8-14-21/h2-3,5-8,11-14,22H,4,9-10,15-19H2,1H3. The average Bonchev–Trinajstić information content (AvgIpc) is 2.77. The smallest absolute Gasteiger partial charge is 0.248 e. The molecule has 0 radical (unpaired) electrons. The molecule has 0 bridgehead atoms. The maximum atomic E-state index is 13.3. The van der Waals surface area contributed by atoms with Crippen LogP contribution in [-0.2, 0) is 9.59 Å². The quantitative estimate of drug-likeness (QED) is 0.767. The van der Waals surface area contributed by atoms with Crippen molar-refractivity contribution in [3.05, 3.63) is 71.8 Å². The van der Waals surface area contributed by atoms with Gasteiger partial charge in [-0.05, 0) is 43.7 Å². The van der Waals surface area contributed by atoms with Crippen LogP contribution in [0.1, 0.15) is 56.1 Å². The minimum Gasteiger partial charge on any atom is -0.341 e. The molecule has 1 atom stereocenters. The molecule has 2 heterocycles. The van der Waals surface area contributed by atoms with Crippen molar-refractivity contribution in [2.75, 3.05) is 19.6 Å². The summed E-state index contributed by atoms with van der Waals surface area (Å²) in [5, 5.41) is 0. The van der Waals surface area contributed by atoms with Crippen molar-refractivity contribution in [3.63, 3.8) is 0 Å². The number of carbonyl (C=O) groups excluding carboxylic acids is 2. The Morgan fingerprint density at radius 2 is 1.41 bits per heavy atom. The molecule has 0 aliphatic carbocycles. The van der Waals surface area contributed by atoms with Gasteiger partial charge >= 0.3 is 0 Å². The van der Waals surface area contributed by atoms with Gasteiger partial charge in [0.05, 0.1) is 0 Å². The van der Waals surface area contributed by atoms with Crippen LogP contribution in [-0.4, -0.2) is 46.8 Å². The Morgan fingerprint density at radius 3 is 1.90 bits per heavy atom. The molecule has 2 fully saturated rings. The van der Waals surface area contributed by atoms with E-state index >= 15 is 0 Å². The van der Waals surface area contributed by atoms with E-state index in [0.29, 0.717) is 13.0 Å². The minimum atomic E-state index is -0.674. The molecule has 2 saturated heterocycles. The van der Waals surface area contributed by atoms with Gasteiger partial charge in [-0.2, -0.15) is 0 Å². The Labute approximate surface area is 173 Å². The highest BCUT2D eigenvalue weighted by atomic mass is 16.2. The van der Waals surface area contributed by atoms with Crippen LogP contribution >= 0.6 is 0 Å². The van der Waals surface area contributed by atoms with Crippen LogP contribution in [0.25, 0.3) is 0 Å². The lowest BCUT2D eigenvalue weighted by Crippen LogP contribution is -2.68. The number of hydrogen-bond acceptors (Lipinski definition) is 2. The Hall–Kier alpha value is -2.62. The van der Waals surface area contributed by atoms with E-state index in [0.717, 1.165) is 43.5 Å². The summed E-state index contributed by atoms with van der Waals surface area (Å²) in [6.45, 7) is 4.27. The molecule has 152 valence electrons. The summed E-state index contributed by atoms with van der Waals surface area (Å²) in [6.07, 6.45) is 4.48. The second kappa shape index (κ2) is 8.40. The van der Waals surface area contributed by atoms with E-state index in [1.54, 1.807) is 0 Å². The highest BCUT2D eigenvalue weighted by molar-refractivity contribution is 5.93.